The van der Waals surface area contributed by atoms with Crippen molar-refractivity contribution >= 4 is 23.9 Å². The molecular weight excluding hydrogens is 514 g/mol. The number of rotatable bonds is 11. The van der Waals surface area contributed by atoms with Gasteiger partial charge >= 0.3 is 12.1 Å². The van der Waals surface area contributed by atoms with Crippen molar-refractivity contribution in [3.63, 3.8) is 0 Å². The molecule has 3 N–H and O–H groups in total. The summed E-state index contributed by atoms with van der Waals surface area (Å²) in [4.78, 5) is 53.2. The van der Waals surface area contributed by atoms with E-state index in [0.29, 0.717) is 11.1 Å². The smallest absolute Gasteiger partial charge is 0.408 e. The fraction of sp³-hybridized carbons (Fsp3) is 0.467. The van der Waals surface area contributed by atoms with Gasteiger partial charge in [0.15, 0.2) is 0 Å². The zero-order valence-corrected chi connectivity index (χ0v) is 24.4. The monoisotopic (exact) mass is 555 g/mol. The van der Waals surface area contributed by atoms with Crippen LogP contribution in [0, 0.1) is 13.8 Å². The first-order valence-electron chi connectivity index (χ1n) is 13.3. The largest absolute Gasteiger partial charge is 0.508 e. The molecule has 10 nitrogen and oxygen atoms in total. The first-order chi connectivity index (χ1) is 18.7. The third kappa shape index (κ3) is 10.2. The molecule has 0 aromatic heterocycles. The highest BCUT2D eigenvalue weighted by atomic mass is 16.6. The third-order valence-corrected chi connectivity index (χ3v) is 5.84. The molecule has 0 radical (unpaired) electrons. The molecule has 0 fully saturated rings. The van der Waals surface area contributed by atoms with Crippen molar-refractivity contribution < 1.29 is 33.8 Å². The maximum Gasteiger partial charge on any atom is 0.408 e. The summed E-state index contributed by atoms with van der Waals surface area (Å²) in [6, 6.07) is 9.75. The zero-order valence-electron chi connectivity index (χ0n) is 24.4. The van der Waals surface area contributed by atoms with Gasteiger partial charge < -0.3 is 30.1 Å². The Hall–Kier alpha value is -4.08. The summed E-state index contributed by atoms with van der Waals surface area (Å²) in [6.45, 7) is 10.9. The number of nitrogens with zero attached hydrogens (tertiary/aromatic N) is 1. The molecule has 2 unspecified atom stereocenters. The first kappa shape index (κ1) is 32.1. The second-order valence-corrected chi connectivity index (χ2v) is 10.7. The van der Waals surface area contributed by atoms with E-state index in [9.17, 15) is 24.3 Å². The van der Waals surface area contributed by atoms with Crippen molar-refractivity contribution in [1.82, 2.24) is 15.5 Å². The molecule has 10 heteroatoms. The number of aryl methyl sites for hydroxylation is 2. The van der Waals surface area contributed by atoms with E-state index < -0.39 is 41.6 Å². The number of hydrogen-bond acceptors (Lipinski definition) is 7. The van der Waals surface area contributed by atoms with Crippen molar-refractivity contribution in [2.75, 3.05) is 20.2 Å². The van der Waals surface area contributed by atoms with Crippen LogP contribution in [0.3, 0.4) is 0 Å². The molecule has 3 amide bonds. The summed E-state index contributed by atoms with van der Waals surface area (Å²) in [7, 11) is 1.50. The van der Waals surface area contributed by atoms with Gasteiger partial charge in [0.05, 0.1) is 13.0 Å². The van der Waals surface area contributed by atoms with Gasteiger partial charge in [-0.25, -0.2) is 4.79 Å². The van der Waals surface area contributed by atoms with E-state index in [1.54, 1.807) is 39.8 Å². The number of hydrogen-bond donors (Lipinski definition) is 3. The molecule has 0 saturated heterocycles. The number of alkyl carbamates (subject to hydrolysis) is 1. The number of ether oxygens (including phenoxy) is 2. The van der Waals surface area contributed by atoms with Crippen molar-refractivity contribution in [1.29, 1.82) is 0 Å². The van der Waals surface area contributed by atoms with Crippen LogP contribution in [-0.2, 0) is 30.3 Å². The van der Waals surface area contributed by atoms with Gasteiger partial charge in [-0.3, -0.25) is 14.4 Å². The van der Waals surface area contributed by atoms with Gasteiger partial charge in [0, 0.05) is 20.0 Å². The molecule has 0 aliphatic rings. The second-order valence-electron chi connectivity index (χ2n) is 10.7. The number of phenolic OH excluding ortho intramolecular Hbond substituents is 1. The molecule has 0 bridgehead atoms. The Balaban J connectivity index is 2.40. The van der Waals surface area contributed by atoms with Crippen LogP contribution in [0.25, 0.3) is 0 Å². The average Bonchev–Trinajstić information content (AvgIpc) is 2.83. The number of carbonyl (C=O) groups excluding carboxylic acids is 4. The van der Waals surface area contributed by atoms with Crippen LogP contribution in [0.2, 0.25) is 0 Å². The topological polar surface area (TPSA) is 134 Å². The Kier molecular flexibility index (Phi) is 11.5. The number of amides is 3. The lowest BCUT2D eigenvalue weighted by molar-refractivity contribution is -0.143. The minimum Gasteiger partial charge on any atom is -0.508 e. The van der Waals surface area contributed by atoms with E-state index in [0.717, 1.165) is 11.1 Å². The van der Waals surface area contributed by atoms with E-state index in [1.807, 2.05) is 32.0 Å². The first-order valence-corrected chi connectivity index (χ1v) is 13.3. The van der Waals surface area contributed by atoms with Crippen LogP contribution < -0.4 is 10.6 Å². The number of nitrogens with one attached hydrogen (secondary N) is 2. The fourth-order valence-corrected chi connectivity index (χ4v) is 4.23. The summed E-state index contributed by atoms with van der Waals surface area (Å²) < 4.78 is 10.3. The highest BCUT2D eigenvalue weighted by molar-refractivity contribution is 5.92. The van der Waals surface area contributed by atoms with Crippen molar-refractivity contribution in [2.45, 2.75) is 72.1 Å². The molecular formula is C30H41N3O7. The Labute approximate surface area is 236 Å². The summed E-state index contributed by atoms with van der Waals surface area (Å²) in [5.41, 5.74) is 2.30. The standard InChI is InChI=1S/C30H41N3O7/c1-8-39-25(35)13-14-31-27(36)26(22-16-19(2)15-20(3)17-22)33(7)28(37)24(32-29(38)40-30(4,5)6)18-21-9-11-23(34)12-10-21/h9-12,15-17,24,26,34H,8,13-14,18H2,1-7H3,(H,31,36)(H,32,38). The predicted octanol–water partition coefficient (Wildman–Crippen LogP) is 3.71. The van der Waals surface area contributed by atoms with Gasteiger partial charge in [-0.05, 0) is 64.8 Å². The van der Waals surface area contributed by atoms with Crippen molar-refractivity contribution in [3.05, 3.63) is 64.7 Å². The van der Waals surface area contributed by atoms with E-state index in [2.05, 4.69) is 10.6 Å². The molecule has 0 heterocycles. The molecule has 40 heavy (non-hydrogen) atoms. The van der Waals surface area contributed by atoms with Gasteiger partial charge in [-0.15, -0.1) is 0 Å². The van der Waals surface area contributed by atoms with Crippen LogP contribution in [-0.4, -0.2) is 65.7 Å². The highest BCUT2D eigenvalue weighted by Gasteiger charge is 2.34. The minimum atomic E-state index is -1.08. The summed E-state index contributed by atoms with van der Waals surface area (Å²) in [5.74, 6) is -1.38. The Bertz CT molecular complexity index is 1170. The molecule has 0 aliphatic carbocycles. The molecule has 0 spiro atoms. The van der Waals surface area contributed by atoms with E-state index in [-0.39, 0.29) is 31.7 Å². The Morgan fingerprint density at radius 2 is 1.60 bits per heavy atom. The number of benzene rings is 2. The fourth-order valence-electron chi connectivity index (χ4n) is 4.23. The second kappa shape index (κ2) is 14.3. The van der Waals surface area contributed by atoms with Crippen molar-refractivity contribution in [3.8, 4) is 5.75 Å². The lowest BCUT2D eigenvalue weighted by Crippen LogP contribution is -2.52. The van der Waals surface area contributed by atoms with E-state index >= 15 is 0 Å². The molecule has 2 rings (SSSR count). The maximum absolute atomic E-state index is 13.9. The molecule has 2 aromatic carbocycles. The van der Waals surface area contributed by atoms with Gasteiger partial charge in [0.25, 0.3) is 0 Å². The molecule has 2 atom stereocenters. The molecule has 218 valence electrons. The number of esters is 1. The maximum atomic E-state index is 13.9. The molecule has 0 saturated carbocycles. The number of likely N-dealkylation sites (N-methyl/N-ethyl adjacent to an activating group) is 1. The highest BCUT2D eigenvalue weighted by Crippen LogP contribution is 2.24. The molecule has 0 aliphatic heterocycles. The summed E-state index contributed by atoms with van der Waals surface area (Å²) in [5, 5.41) is 15.1. The SMILES string of the molecule is CCOC(=O)CCNC(=O)C(c1cc(C)cc(C)c1)N(C)C(=O)C(Cc1ccc(O)cc1)NC(=O)OC(C)(C)C. The number of aromatic hydroxyl groups is 1. The Morgan fingerprint density at radius 3 is 2.15 bits per heavy atom. The van der Waals surface area contributed by atoms with Crippen LogP contribution in [0.4, 0.5) is 4.79 Å². The number of carbonyl (C=O) groups is 4. The van der Waals surface area contributed by atoms with Crippen LogP contribution in [0.5, 0.6) is 5.75 Å². The van der Waals surface area contributed by atoms with Gasteiger partial charge in [0.1, 0.15) is 23.4 Å². The third-order valence-electron chi connectivity index (χ3n) is 5.84. The average molecular weight is 556 g/mol. The van der Waals surface area contributed by atoms with Crippen LogP contribution in [0.15, 0.2) is 42.5 Å². The lowest BCUT2D eigenvalue weighted by Gasteiger charge is -2.32. The lowest BCUT2D eigenvalue weighted by atomic mass is 9.98. The van der Waals surface area contributed by atoms with Gasteiger partial charge in [0.2, 0.25) is 11.8 Å². The summed E-state index contributed by atoms with van der Waals surface area (Å²) >= 11 is 0. The Morgan fingerprint density at radius 1 is 1.00 bits per heavy atom. The van der Waals surface area contributed by atoms with Crippen LogP contribution >= 0.6 is 0 Å². The zero-order chi connectivity index (χ0) is 30.0. The summed E-state index contributed by atoms with van der Waals surface area (Å²) in [6.07, 6.45) is -0.701. The van der Waals surface area contributed by atoms with E-state index in [1.165, 1.54) is 24.1 Å². The van der Waals surface area contributed by atoms with Crippen molar-refractivity contribution in [2.24, 2.45) is 0 Å². The van der Waals surface area contributed by atoms with Gasteiger partial charge in [-0.1, -0.05) is 41.5 Å². The van der Waals surface area contributed by atoms with Gasteiger partial charge in [-0.2, -0.15) is 0 Å². The van der Waals surface area contributed by atoms with E-state index in [4.69, 9.17) is 9.47 Å². The normalized spacial score (nSPS) is 12.6. The minimum absolute atomic E-state index is 0.0134. The number of phenols is 1. The molecule has 2 aromatic rings. The van der Waals surface area contributed by atoms with Crippen LogP contribution in [0.1, 0.15) is 62.4 Å². The quantitative estimate of drug-likeness (QED) is 0.360. The predicted molar refractivity (Wildman–Crippen MR) is 151 cm³/mol.